The Morgan fingerprint density at radius 1 is 1.00 bits per heavy atom. The summed E-state index contributed by atoms with van der Waals surface area (Å²) in [5.74, 6) is -1.53. The molecule has 11 heteroatoms. The van der Waals surface area contributed by atoms with E-state index in [2.05, 4.69) is 65.9 Å². The lowest BCUT2D eigenvalue weighted by Crippen LogP contribution is -2.82. The summed E-state index contributed by atoms with van der Waals surface area (Å²) < 4.78 is 11.7. The number of piperidine rings is 1. The summed E-state index contributed by atoms with van der Waals surface area (Å²) in [5, 5.41) is 25.6. The molecule has 2 bridgehead atoms. The topological polar surface area (TPSA) is 136 Å². The fourth-order valence-electron chi connectivity index (χ4n) is 13.7. The largest absolute Gasteiger partial charge is 0.467 e. The predicted octanol–water partition coefficient (Wildman–Crippen LogP) is 4.92. The highest BCUT2D eigenvalue weighted by molar-refractivity contribution is 5.98. The van der Waals surface area contributed by atoms with Crippen LogP contribution in [0.5, 0.6) is 0 Å². The maximum atomic E-state index is 15.2. The van der Waals surface area contributed by atoms with Crippen LogP contribution < -0.4 is 4.90 Å². The highest BCUT2D eigenvalue weighted by Gasteiger charge is 2.80. The number of benzene rings is 2. The SMILES string of the molecule is CCC1=C[C@@H]2CN(C1)Cc1c([nH]c3ccccc13)[C@@](C(=O)CO)(c1cc3c(cc1CC)N(C)[C@H]1[C@@](O)(C(=O)OC)[C@H](OC(C)=O)[C@]4(CC)CCCN5CC[C@]31[C@@H]54)C2. The van der Waals surface area contributed by atoms with Crippen LogP contribution in [0, 0.1) is 11.3 Å². The Morgan fingerprint density at radius 2 is 1.79 bits per heavy atom. The molecule has 1 saturated carbocycles. The number of methoxy groups -OCH3 is 1. The van der Waals surface area contributed by atoms with Crippen molar-refractivity contribution in [3.63, 3.8) is 0 Å². The lowest BCUT2D eigenvalue weighted by Gasteiger charge is -2.65. The van der Waals surface area contributed by atoms with Gasteiger partial charge in [-0.05, 0) is 98.3 Å². The molecule has 3 N–H and O–H groups in total. The van der Waals surface area contributed by atoms with Gasteiger partial charge in [0.2, 0.25) is 5.60 Å². The number of fused-ring (bicyclic) bond motifs is 6. The van der Waals surface area contributed by atoms with Gasteiger partial charge in [-0.15, -0.1) is 0 Å². The number of carbonyl (C=O) groups is 3. The second-order valence-corrected chi connectivity index (χ2v) is 17.9. The fourth-order valence-corrected chi connectivity index (χ4v) is 13.7. The van der Waals surface area contributed by atoms with Gasteiger partial charge in [-0.25, -0.2) is 4.79 Å². The van der Waals surface area contributed by atoms with Crippen LogP contribution in [0.25, 0.3) is 10.9 Å². The molecule has 5 aliphatic heterocycles. The highest BCUT2D eigenvalue weighted by Crippen LogP contribution is 2.69. The minimum atomic E-state index is -2.20. The summed E-state index contributed by atoms with van der Waals surface area (Å²) in [5.41, 5.74) is 3.05. The first-order valence-corrected chi connectivity index (χ1v) is 21.2. The summed E-state index contributed by atoms with van der Waals surface area (Å²) in [7, 11) is 3.23. The van der Waals surface area contributed by atoms with Crippen LogP contribution in [0.1, 0.15) is 94.2 Å². The number of rotatable bonds is 8. The van der Waals surface area contributed by atoms with Crippen molar-refractivity contribution < 1.29 is 34.1 Å². The predicted molar refractivity (Wildman–Crippen MR) is 217 cm³/mol. The van der Waals surface area contributed by atoms with Crippen molar-refractivity contribution in [2.45, 2.75) is 114 Å². The molecule has 2 saturated heterocycles. The number of nitrogens with one attached hydrogen (secondary N) is 1. The molecule has 6 aliphatic rings. The number of H-pyrrole nitrogens is 1. The van der Waals surface area contributed by atoms with Crippen molar-refractivity contribution in [3.8, 4) is 0 Å². The Balaban J connectivity index is 1.37. The maximum absolute atomic E-state index is 15.2. The highest BCUT2D eigenvalue weighted by atomic mass is 16.6. The van der Waals surface area contributed by atoms with Crippen LogP contribution >= 0.6 is 0 Å². The van der Waals surface area contributed by atoms with Gasteiger partial charge < -0.3 is 29.6 Å². The van der Waals surface area contributed by atoms with Crippen molar-refractivity contribution >= 4 is 34.3 Å². The van der Waals surface area contributed by atoms with Crippen LogP contribution in [-0.2, 0) is 47.7 Å². The van der Waals surface area contributed by atoms with Crippen LogP contribution in [-0.4, -0.2) is 113 Å². The van der Waals surface area contributed by atoms with Crippen molar-refractivity contribution in [3.05, 3.63) is 76.0 Å². The number of Topliss-reactive ketones (excluding diaryl/α,β-unsaturated/α-hetero) is 1. The van der Waals surface area contributed by atoms with Crippen molar-refractivity contribution in [2.24, 2.45) is 11.3 Å². The molecular formula is C46H58N4O7. The van der Waals surface area contributed by atoms with Crippen LogP contribution in [0.3, 0.4) is 0 Å². The molecule has 304 valence electrons. The molecule has 0 radical (unpaired) electrons. The molecule has 1 spiro atoms. The number of ether oxygens (including phenoxy) is 2. The molecule has 57 heavy (non-hydrogen) atoms. The Labute approximate surface area is 335 Å². The molecule has 1 aliphatic carbocycles. The number of aliphatic hydroxyl groups excluding tert-OH is 1. The number of para-hydroxylation sites is 1. The monoisotopic (exact) mass is 778 g/mol. The number of aryl methyl sites for hydroxylation is 1. The third-order valence-corrected chi connectivity index (χ3v) is 15.6. The summed E-state index contributed by atoms with van der Waals surface area (Å²) in [6.07, 6.45) is 6.02. The number of esters is 2. The maximum Gasteiger partial charge on any atom is 0.344 e. The third kappa shape index (κ3) is 4.95. The van der Waals surface area contributed by atoms with Gasteiger partial charge in [0.25, 0.3) is 0 Å². The molecule has 6 heterocycles. The molecule has 9 atom stereocenters. The van der Waals surface area contributed by atoms with Crippen molar-refractivity contribution in [1.82, 2.24) is 14.8 Å². The Hall–Kier alpha value is -4.03. The molecule has 11 nitrogen and oxygen atoms in total. The van der Waals surface area contributed by atoms with Gasteiger partial charge in [0.05, 0.1) is 18.6 Å². The number of carbonyl (C=O) groups excluding carboxylic acids is 3. The van der Waals surface area contributed by atoms with Crippen molar-refractivity contribution in [2.75, 3.05) is 51.8 Å². The minimum absolute atomic E-state index is 0.0620. The number of ketones is 1. The van der Waals surface area contributed by atoms with E-state index in [1.807, 2.05) is 24.1 Å². The third-order valence-electron chi connectivity index (χ3n) is 15.6. The molecular weight excluding hydrogens is 721 g/mol. The normalized spacial score (nSPS) is 35.3. The molecule has 2 aromatic carbocycles. The minimum Gasteiger partial charge on any atom is -0.467 e. The fraction of sp³-hybridized carbons (Fsp3) is 0.587. The van der Waals surface area contributed by atoms with Gasteiger partial charge in [-0.2, -0.15) is 0 Å². The number of likely N-dealkylation sites (N-methyl/N-ethyl adjacent to an activating group) is 1. The molecule has 0 amide bonds. The number of nitrogens with zero attached hydrogens (tertiary/aromatic N) is 3. The Bertz CT molecular complexity index is 2200. The smallest absolute Gasteiger partial charge is 0.344 e. The molecule has 3 aromatic rings. The average Bonchev–Trinajstić information content (AvgIpc) is 3.87. The van der Waals surface area contributed by atoms with E-state index >= 15 is 4.79 Å². The zero-order chi connectivity index (χ0) is 40.2. The van der Waals surface area contributed by atoms with E-state index in [1.165, 1.54) is 19.6 Å². The average molecular weight is 779 g/mol. The number of aliphatic hydroxyl groups is 2. The number of hydrogen-bond donors (Lipinski definition) is 3. The van der Waals surface area contributed by atoms with Gasteiger partial charge in [0.1, 0.15) is 6.61 Å². The second kappa shape index (κ2) is 13.5. The summed E-state index contributed by atoms with van der Waals surface area (Å²) in [6.45, 7) is 11.1. The number of aromatic amines is 1. The molecule has 1 unspecified atom stereocenters. The van der Waals surface area contributed by atoms with E-state index in [0.29, 0.717) is 38.6 Å². The van der Waals surface area contributed by atoms with Gasteiger partial charge in [0.15, 0.2) is 11.9 Å². The van der Waals surface area contributed by atoms with E-state index in [4.69, 9.17) is 9.47 Å². The zero-order valence-corrected chi connectivity index (χ0v) is 34.3. The van der Waals surface area contributed by atoms with Crippen LogP contribution in [0.4, 0.5) is 5.69 Å². The van der Waals surface area contributed by atoms with Crippen LogP contribution in [0.15, 0.2) is 48.0 Å². The Kier molecular flexibility index (Phi) is 9.12. The first kappa shape index (κ1) is 38.5. The number of aromatic nitrogens is 1. The zero-order valence-electron chi connectivity index (χ0n) is 34.3. The molecule has 9 rings (SSSR count). The standard InChI is InChI=1S/C46H58N4O7/c1-7-28-19-29-22-45(37(53)26-51,38-32(25-49(23-28)24-29)31-13-10-11-14-35(31)47-38)33-21-34-36(20-30(33)8-2)48(5)40-44(34)16-18-50-17-12-15-43(9-3,39(44)50)41(57-27(4)52)46(40,55)42(54)56-6/h10-11,13-14,19-21,29,39-41,47,51,55H,7-9,12,15-18,22-26H2,1-6H3/t29-,39-,40+,41+,43+,44+,45+,46-/m0/s1. The van der Waals surface area contributed by atoms with Crippen LogP contribution in [0.2, 0.25) is 0 Å². The van der Waals surface area contributed by atoms with Crippen molar-refractivity contribution in [1.29, 1.82) is 0 Å². The van der Waals surface area contributed by atoms with E-state index in [1.54, 1.807) is 0 Å². The quantitative estimate of drug-likeness (QED) is 0.214. The molecule has 1 aromatic heterocycles. The summed E-state index contributed by atoms with van der Waals surface area (Å²) >= 11 is 0. The first-order valence-electron chi connectivity index (χ1n) is 21.2. The second-order valence-electron chi connectivity index (χ2n) is 17.9. The van der Waals surface area contributed by atoms with E-state index in [9.17, 15) is 19.8 Å². The molecule has 3 fully saturated rings. The number of anilines is 1. The van der Waals surface area contributed by atoms with E-state index in [0.717, 1.165) is 83.6 Å². The van der Waals surface area contributed by atoms with Gasteiger partial charge >= 0.3 is 11.9 Å². The lowest BCUT2D eigenvalue weighted by molar-refractivity contribution is -0.242. The lowest BCUT2D eigenvalue weighted by atomic mass is 9.46. The van der Waals surface area contributed by atoms with E-state index in [-0.39, 0.29) is 17.7 Å². The van der Waals surface area contributed by atoms with Gasteiger partial charge in [-0.1, -0.05) is 56.7 Å². The first-order chi connectivity index (χ1) is 27.4. The van der Waals surface area contributed by atoms with Gasteiger partial charge in [0, 0.05) is 72.8 Å². The summed E-state index contributed by atoms with van der Waals surface area (Å²) in [4.78, 5) is 53.5. The Morgan fingerprint density at radius 3 is 2.49 bits per heavy atom. The van der Waals surface area contributed by atoms with E-state index < -0.39 is 52.5 Å². The number of hydrogen-bond acceptors (Lipinski definition) is 10. The van der Waals surface area contributed by atoms with Gasteiger partial charge in [-0.3, -0.25) is 19.4 Å². The summed E-state index contributed by atoms with van der Waals surface area (Å²) in [6, 6.07) is 11.7.